The van der Waals surface area contributed by atoms with Gasteiger partial charge in [-0.15, -0.1) is 0 Å². The molecule has 1 saturated carbocycles. The van der Waals surface area contributed by atoms with E-state index in [2.05, 4.69) is 23.9 Å². The van der Waals surface area contributed by atoms with Crippen molar-refractivity contribution in [3.05, 3.63) is 17.3 Å². The molecule has 1 fully saturated rings. The molecule has 0 bridgehead atoms. The highest BCUT2D eigenvalue weighted by molar-refractivity contribution is 6.29. The van der Waals surface area contributed by atoms with Crippen LogP contribution in [0.4, 0.5) is 11.5 Å². The molecule has 1 aromatic heterocycles. The third kappa shape index (κ3) is 2.65. The molecule has 17 heavy (non-hydrogen) atoms. The van der Waals surface area contributed by atoms with E-state index in [1.54, 1.807) is 6.07 Å². The Kier molecular flexibility index (Phi) is 3.77. The largest absolute Gasteiger partial charge is 0.396 e. The number of halogens is 1. The lowest BCUT2D eigenvalue weighted by atomic mass is 9.85. The Morgan fingerprint density at radius 2 is 2.06 bits per heavy atom. The number of pyridine rings is 1. The maximum atomic E-state index is 5.98. The summed E-state index contributed by atoms with van der Waals surface area (Å²) in [6.07, 6.45) is 5.13. The van der Waals surface area contributed by atoms with Crippen molar-refractivity contribution in [3.63, 3.8) is 0 Å². The van der Waals surface area contributed by atoms with E-state index in [-0.39, 0.29) is 0 Å². The Morgan fingerprint density at radius 3 is 2.76 bits per heavy atom. The molecule has 2 atom stereocenters. The smallest absolute Gasteiger partial charge is 0.153 e. The van der Waals surface area contributed by atoms with Crippen molar-refractivity contribution in [2.24, 2.45) is 5.92 Å². The van der Waals surface area contributed by atoms with E-state index in [9.17, 15) is 0 Å². The second-order valence-corrected chi connectivity index (χ2v) is 5.37. The second-order valence-electron chi connectivity index (χ2n) is 4.99. The fraction of sp³-hybridized carbons (Fsp3) is 0.615. The van der Waals surface area contributed by atoms with E-state index >= 15 is 0 Å². The Balaban J connectivity index is 2.23. The molecule has 0 radical (unpaired) electrons. The molecular formula is C13H20ClN3. The number of anilines is 2. The normalized spacial score (nSPS) is 24.6. The molecule has 1 aliphatic carbocycles. The van der Waals surface area contributed by atoms with Gasteiger partial charge in [-0.05, 0) is 30.9 Å². The van der Waals surface area contributed by atoms with Gasteiger partial charge in [0.15, 0.2) is 5.82 Å². The van der Waals surface area contributed by atoms with Crippen LogP contribution in [0.15, 0.2) is 12.1 Å². The number of hydrogen-bond donors (Lipinski definition) is 1. The van der Waals surface area contributed by atoms with Gasteiger partial charge in [0, 0.05) is 13.1 Å². The van der Waals surface area contributed by atoms with Crippen LogP contribution >= 0.6 is 11.6 Å². The molecule has 1 heterocycles. The van der Waals surface area contributed by atoms with Gasteiger partial charge < -0.3 is 10.6 Å². The first-order valence-corrected chi connectivity index (χ1v) is 6.62. The van der Waals surface area contributed by atoms with Gasteiger partial charge >= 0.3 is 0 Å². The van der Waals surface area contributed by atoms with E-state index in [1.807, 2.05) is 6.07 Å². The van der Waals surface area contributed by atoms with E-state index in [0.717, 1.165) is 5.82 Å². The number of nitrogen functional groups attached to an aromatic ring is 1. The Hall–Kier alpha value is -0.960. The molecule has 1 aromatic rings. The van der Waals surface area contributed by atoms with Crippen molar-refractivity contribution in [1.82, 2.24) is 4.98 Å². The van der Waals surface area contributed by atoms with Gasteiger partial charge in [-0.2, -0.15) is 0 Å². The summed E-state index contributed by atoms with van der Waals surface area (Å²) in [6, 6.07) is 4.09. The lowest BCUT2D eigenvalue weighted by Crippen LogP contribution is -2.39. The van der Waals surface area contributed by atoms with Crippen molar-refractivity contribution < 1.29 is 0 Å². The minimum atomic E-state index is 0.504. The zero-order valence-electron chi connectivity index (χ0n) is 10.5. The highest BCUT2D eigenvalue weighted by Crippen LogP contribution is 2.32. The number of nitrogens with zero attached hydrogens (tertiary/aromatic N) is 2. The Morgan fingerprint density at radius 1 is 1.35 bits per heavy atom. The van der Waals surface area contributed by atoms with Crippen LogP contribution in [0.3, 0.4) is 0 Å². The summed E-state index contributed by atoms with van der Waals surface area (Å²) >= 11 is 5.94. The van der Waals surface area contributed by atoms with Gasteiger partial charge in [0.2, 0.25) is 0 Å². The van der Waals surface area contributed by atoms with Crippen LogP contribution < -0.4 is 10.6 Å². The molecule has 0 spiro atoms. The molecule has 2 unspecified atom stereocenters. The summed E-state index contributed by atoms with van der Waals surface area (Å²) in [5.41, 5.74) is 6.68. The van der Waals surface area contributed by atoms with Gasteiger partial charge in [0.1, 0.15) is 5.15 Å². The van der Waals surface area contributed by atoms with Crippen molar-refractivity contribution in [3.8, 4) is 0 Å². The summed E-state index contributed by atoms with van der Waals surface area (Å²) < 4.78 is 0. The second kappa shape index (κ2) is 5.13. The first-order chi connectivity index (χ1) is 8.09. The first kappa shape index (κ1) is 12.5. The van der Waals surface area contributed by atoms with Crippen molar-refractivity contribution in [2.45, 2.75) is 38.6 Å². The minimum Gasteiger partial charge on any atom is -0.396 e. The Labute approximate surface area is 108 Å². The van der Waals surface area contributed by atoms with Gasteiger partial charge in [-0.25, -0.2) is 4.98 Å². The highest BCUT2D eigenvalue weighted by atomic mass is 35.5. The topological polar surface area (TPSA) is 42.2 Å². The fourth-order valence-corrected chi connectivity index (χ4v) is 2.89. The fourth-order valence-electron chi connectivity index (χ4n) is 2.75. The molecule has 0 aliphatic heterocycles. The monoisotopic (exact) mass is 253 g/mol. The van der Waals surface area contributed by atoms with E-state index < -0.39 is 0 Å². The third-order valence-electron chi connectivity index (χ3n) is 3.77. The maximum absolute atomic E-state index is 5.98. The van der Waals surface area contributed by atoms with Crippen LogP contribution in [0.2, 0.25) is 5.15 Å². The summed E-state index contributed by atoms with van der Waals surface area (Å²) in [6.45, 7) is 2.31. The summed E-state index contributed by atoms with van der Waals surface area (Å²) in [4.78, 5) is 6.55. The zero-order valence-corrected chi connectivity index (χ0v) is 11.2. The molecule has 94 valence electrons. The van der Waals surface area contributed by atoms with Gasteiger partial charge in [0.25, 0.3) is 0 Å². The molecule has 1 aliphatic rings. The first-order valence-electron chi connectivity index (χ1n) is 6.24. The van der Waals surface area contributed by atoms with Crippen LogP contribution in [0, 0.1) is 5.92 Å². The van der Waals surface area contributed by atoms with Crippen molar-refractivity contribution in [1.29, 1.82) is 0 Å². The highest BCUT2D eigenvalue weighted by Gasteiger charge is 2.26. The molecule has 0 aromatic carbocycles. The molecule has 3 nitrogen and oxygen atoms in total. The summed E-state index contributed by atoms with van der Waals surface area (Å²) in [5.74, 6) is 1.50. The number of hydrogen-bond acceptors (Lipinski definition) is 3. The number of aromatic nitrogens is 1. The molecule has 2 N–H and O–H groups in total. The zero-order chi connectivity index (χ0) is 12.4. The molecule has 2 rings (SSSR count). The van der Waals surface area contributed by atoms with Crippen LogP contribution in [0.1, 0.15) is 32.6 Å². The van der Waals surface area contributed by atoms with Crippen molar-refractivity contribution >= 4 is 23.1 Å². The maximum Gasteiger partial charge on any atom is 0.153 e. The predicted molar refractivity (Wildman–Crippen MR) is 73.5 cm³/mol. The van der Waals surface area contributed by atoms with Crippen LogP contribution in [-0.2, 0) is 0 Å². The SMILES string of the molecule is CC1CCCCC1N(C)c1nc(Cl)ccc1N. The quantitative estimate of drug-likeness (QED) is 0.822. The predicted octanol–water partition coefficient (Wildman–Crippen LogP) is 3.33. The summed E-state index contributed by atoms with van der Waals surface area (Å²) in [5, 5.41) is 0.504. The molecule has 0 saturated heterocycles. The van der Waals surface area contributed by atoms with Crippen LogP contribution in [0.25, 0.3) is 0 Å². The molecular weight excluding hydrogens is 234 g/mol. The minimum absolute atomic E-state index is 0.504. The molecule has 4 heteroatoms. The van der Waals surface area contributed by atoms with Crippen LogP contribution in [0.5, 0.6) is 0 Å². The van der Waals surface area contributed by atoms with E-state index in [0.29, 0.717) is 22.8 Å². The lowest BCUT2D eigenvalue weighted by Gasteiger charge is -2.37. The van der Waals surface area contributed by atoms with Crippen molar-refractivity contribution in [2.75, 3.05) is 17.7 Å². The number of rotatable bonds is 2. The van der Waals surface area contributed by atoms with E-state index in [4.69, 9.17) is 17.3 Å². The lowest BCUT2D eigenvalue weighted by molar-refractivity contribution is 0.321. The standard InChI is InChI=1S/C13H20ClN3/c1-9-5-3-4-6-11(9)17(2)13-10(15)7-8-12(14)16-13/h7-9,11H,3-6,15H2,1-2H3. The Bertz CT molecular complexity index is 394. The van der Waals surface area contributed by atoms with Gasteiger partial charge in [-0.3, -0.25) is 0 Å². The van der Waals surface area contributed by atoms with E-state index in [1.165, 1.54) is 25.7 Å². The molecule has 0 amide bonds. The third-order valence-corrected chi connectivity index (χ3v) is 3.98. The average Bonchev–Trinajstić information content (AvgIpc) is 2.32. The summed E-state index contributed by atoms with van der Waals surface area (Å²) in [7, 11) is 2.07. The van der Waals surface area contributed by atoms with Crippen LogP contribution in [-0.4, -0.2) is 18.1 Å². The van der Waals surface area contributed by atoms with Gasteiger partial charge in [-0.1, -0.05) is 31.4 Å². The number of nitrogens with two attached hydrogens (primary N) is 1. The van der Waals surface area contributed by atoms with Gasteiger partial charge in [0.05, 0.1) is 5.69 Å². The average molecular weight is 254 g/mol.